The molecule has 2 N–H and O–H groups in total. The second-order valence-corrected chi connectivity index (χ2v) is 4.86. The summed E-state index contributed by atoms with van der Waals surface area (Å²) in [5.41, 5.74) is 8.36. The minimum Gasteiger partial charge on any atom is -0.329 e. The van der Waals surface area contributed by atoms with E-state index in [9.17, 15) is 0 Å². The topological polar surface area (TPSA) is 43.8 Å². The Morgan fingerprint density at radius 1 is 1.17 bits per heavy atom. The number of aromatic nitrogens is 2. The van der Waals surface area contributed by atoms with Gasteiger partial charge in [-0.3, -0.25) is 0 Å². The highest BCUT2D eigenvalue weighted by Crippen LogP contribution is 2.32. The normalized spacial score (nSPS) is 12.2. The number of aryl methyl sites for hydroxylation is 1. The summed E-state index contributed by atoms with van der Waals surface area (Å²) in [6, 6.07) is 8.34. The molecule has 0 unspecified atom stereocenters. The summed E-state index contributed by atoms with van der Waals surface area (Å²) in [4.78, 5) is 4.85. The molecule has 0 saturated heterocycles. The number of rotatable bonds is 5. The molecule has 0 atom stereocenters. The Hall–Kier alpha value is -1.35. The van der Waals surface area contributed by atoms with Crippen molar-refractivity contribution in [2.45, 2.75) is 45.6 Å². The molecule has 3 heteroatoms. The summed E-state index contributed by atoms with van der Waals surface area (Å²) in [5.74, 6) is 1.15. The van der Waals surface area contributed by atoms with Crippen LogP contribution in [0, 0.1) is 0 Å². The van der Waals surface area contributed by atoms with Crippen LogP contribution in [0.3, 0.4) is 0 Å². The van der Waals surface area contributed by atoms with Gasteiger partial charge < -0.3 is 10.3 Å². The molecule has 0 spiro atoms. The Morgan fingerprint density at radius 2 is 1.83 bits per heavy atom. The Balaban J connectivity index is 2.69. The zero-order valence-corrected chi connectivity index (χ0v) is 11.6. The number of benzene rings is 1. The summed E-state index contributed by atoms with van der Waals surface area (Å²) in [7, 11) is 0. The molecule has 0 bridgehead atoms. The fourth-order valence-corrected chi connectivity index (χ4v) is 2.75. The molecule has 1 aromatic carbocycles. The number of hydrogen-bond acceptors (Lipinski definition) is 2. The summed E-state index contributed by atoms with van der Waals surface area (Å²) >= 11 is 0. The van der Waals surface area contributed by atoms with Gasteiger partial charge in [-0.15, -0.1) is 0 Å². The molecule has 0 radical (unpaired) electrons. The van der Waals surface area contributed by atoms with E-state index in [1.165, 1.54) is 5.52 Å². The van der Waals surface area contributed by atoms with Gasteiger partial charge in [-0.1, -0.05) is 26.0 Å². The summed E-state index contributed by atoms with van der Waals surface area (Å²) < 4.78 is 2.31. The Morgan fingerprint density at radius 3 is 2.39 bits per heavy atom. The van der Waals surface area contributed by atoms with Gasteiger partial charge in [0, 0.05) is 18.5 Å². The van der Waals surface area contributed by atoms with Crippen LogP contribution in [0.2, 0.25) is 0 Å². The maximum absolute atomic E-state index is 6.05. The van der Waals surface area contributed by atoms with Gasteiger partial charge in [-0.25, -0.2) is 4.98 Å². The van der Waals surface area contributed by atoms with Crippen molar-refractivity contribution < 1.29 is 0 Å². The predicted octanol–water partition coefficient (Wildman–Crippen LogP) is 3.07. The van der Waals surface area contributed by atoms with Crippen LogP contribution in [0.15, 0.2) is 24.3 Å². The van der Waals surface area contributed by atoms with Gasteiger partial charge in [0.2, 0.25) is 0 Å². The maximum Gasteiger partial charge on any atom is 0.117 e. The number of nitrogens with zero attached hydrogens (tertiary/aromatic N) is 2. The van der Waals surface area contributed by atoms with Crippen LogP contribution in [-0.2, 0) is 12.0 Å². The fraction of sp³-hybridized carbons (Fsp3) is 0.533. The van der Waals surface area contributed by atoms with Gasteiger partial charge >= 0.3 is 0 Å². The highest BCUT2D eigenvalue weighted by molar-refractivity contribution is 5.76. The molecule has 0 aliphatic carbocycles. The van der Waals surface area contributed by atoms with Crippen molar-refractivity contribution in [2.24, 2.45) is 5.73 Å². The van der Waals surface area contributed by atoms with E-state index >= 15 is 0 Å². The Bertz CT molecular complexity index is 515. The van der Waals surface area contributed by atoms with E-state index in [0.717, 1.165) is 30.7 Å². The molecule has 0 aliphatic rings. The van der Waals surface area contributed by atoms with E-state index in [1.807, 2.05) is 6.07 Å². The minimum absolute atomic E-state index is 0.00896. The molecule has 0 aliphatic heterocycles. The van der Waals surface area contributed by atoms with Crippen molar-refractivity contribution in [3.8, 4) is 0 Å². The SMILES string of the molecule is CCn1c(C(CC)(CC)CN)nc2ccccc21. The lowest BCUT2D eigenvalue weighted by molar-refractivity contribution is 0.369. The van der Waals surface area contributed by atoms with E-state index < -0.39 is 0 Å². The van der Waals surface area contributed by atoms with Crippen LogP contribution in [0.25, 0.3) is 11.0 Å². The first-order valence-electron chi connectivity index (χ1n) is 6.88. The second-order valence-electron chi connectivity index (χ2n) is 4.86. The van der Waals surface area contributed by atoms with Crippen molar-refractivity contribution in [3.05, 3.63) is 30.1 Å². The third-order valence-corrected chi connectivity index (χ3v) is 4.19. The summed E-state index contributed by atoms with van der Waals surface area (Å²) in [6.07, 6.45) is 2.06. The van der Waals surface area contributed by atoms with Gasteiger partial charge in [0.1, 0.15) is 5.82 Å². The molecule has 1 heterocycles. The number of fused-ring (bicyclic) bond motifs is 1. The maximum atomic E-state index is 6.05. The van der Waals surface area contributed by atoms with Crippen LogP contribution >= 0.6 is 0 Å². The second kappa shape index (κ2) is 5.11. The van der Waals surface area contributed by atoms with E-state index in [1.54, 1.807) is 0 Å². The van der Waals surface area contributed by atoms with Gasteiger partial charge in [0.15, 0.2) is 0 Å². The Kier molecular flexibility index (Phi) is 3.71. The van der Waals surface area contributed by atoms with Crippen molar-refractivity contribution >= 4 is 11.0 Å². The molecule has 18 heavy (non-hydrogen) atoms. The number of nitrogens with two attached hydrogens (primary N) is 1. The molecule has 0 saturated carbocycles. The van der Waals surface area contributed by atoms with Crippen LogP contribution in [0.4, 0.5) is 0 Å². The molecular formula is C15H23N3. The lowest BCUT2D eigenvalue weighted by atomic mass is 9.81. The first-order valence-corrected chi connectivity index (χ1v) is 6.88. The van der Waals surface area contributed by atoms with Gasteiger partial charge in [0.25, 0.3) is 0 Å². The van der Waals surface area contributed by atoms with Crippen molar-refractivity contribution in [1.29, 1.82) is 0 Å². The van der Waals surface area contributed by atoms with Crippen molar-refractivity contribution in [1.82, 2.24) is 9.55 Å². The van der Waals surface area contributed by atoms with Crippen LogP contribution < -0.4 is 5.73 Å². The van der Waals surface area contributed by atoms with Crippen LogP contribution in [-0.4, -0.2) is 16.1 Å². The first-order chi connectivity index (χ1) is 8.72. The van der Waals surface area contributed by atoms with Crippen molar-refractivity contribution in [3.63, 3.8) is 0 Å². The average molecular weight is 245 g/mol. The Labute approximate surface area is 109 Å². The first kappa shape index (κ1) is 13.1. The number of para-hydroxylation sites is 2. The minimum atomic E-state index is 0.00896. The van der Waals surface area contributed by atoms with E-state index in [4.69, 9.17) is 10.7 Å². The van der Waals surface area contributed by atoms with Gasteiger partial charge in [-0.2, -0.15) is 0 Å². The third kappa shape index (κ3) is 1.83. The van der Waals surface area contributed by atoms with Gasteiger partial charge in [0.05, 0.1) is 11.0 Å². The van der Waals surface area contributed by atoms with Gasteiger partial charge in [-0.05, 0) is 31.9 Å². The fourth-order valence-electron chi connectivity index (χ4n) is 2.75. The quantitative estimate of drug-likeness (QED) is 0.879. The van der Waals surface area contributed by atoms with E-state index in [2.05, 4.69) is 43.5 Å². The molecule has 0 amide bonds. The lowest BCUT2D eigenvalue weighted by Gasteiger charge is -2.30. The molecule has 2 rings (SSSR count). The van der Waals surface area contributed by atoms with Crippen LogP contribution in [0.5, 0.6) is 0 Å². The summed E-state index contributed by atoms with van der Waals surface area (Å²) in [6.45, 7) is 8.18. The van der Waals surface area contributed by atoms with Crippen LogP contribution in [0.1, 0.15) is 39.4 Å². The molecule has 0 fully saturated rings. The smallest absolute Gasteiger partial charge is 0.117 e. The predicted molar refractivity (Wildman–Crippen MR) is 76.7 cm³/mol. The third-order valence-electron chi connectivity index (χ3n) is 4.19. The summed E-state index contributed by atoms with van der Waals surface area (Å²) in [5, 5.41) is 0. The van der Waals surface area contributed by atoms with E-state index in [0.29, 0.717) is 6.54 Å². The monoisotopic (exact) mass is 245 g/mol. The van der Waals surface area contributed by atoms with E-state index in [-0.39, 0.29) is 5.41 Å². The average Bonchev–Trinajstić information content (AvgIpc) is 2.80. The zero-order chi connectivity index (χ0) is 13.2. The molecule has 1 aromatic heterocycles. The van der Waals surface area contributed by atoms with Crippen molar-refractivity contribution in [2.75, 3.05) is 6.54 Å². The number of imidazole rings is 1. The standard InChI is InChI=1S/C15H23N3/c1-4-15(5-2,11-16)14-17-12-9-7-8-10-13(12)18(14)6-3/h7-10H,4-6,11,16H2,1-3H3. The molecule has 3 nitrogen and oxygen atoms in total. The molecular weight excluding hydrogens is 222 g/mol. The highest BCUT2D eigenvalue weighted by atomic mass is 15.1. The molecule has 2 aromatic rings. The largest absolute Gasteiger partial charge is 0.329 e. The molecule has 98 valence electrons. The zero-order valence-electron chi connectivity index (χ0n) is 11.6. The number of hydrogen-bond donors (Lipinski definition) is 1. The highest BCUT2D eigenvalue weighted by Gasteiger charge is 2.32. The lowest BCUT2D eigenvalue weighted by Crippen LogP contribution is -2.36.